The summed E-state index contributed by atoms with van der Waals surface area (Å²) in [5.74, 6) is 0.0393. The van der Waals surface area contributed by atoms with Gasteiger partial charge in [-0.3, -0.25) is 9.59 Å². The van der Waals surface area contributed by atoms with Crippen LogP contribution in [0.4, 0.5) is 0 Å². The van der Waals surface area contributed by atoms with Crippen molar-refractivity contribution in [1.29, 1.82) is 0 Å². The summed E-state index contributed by atoms with van der Waals surface area (Å²) in [6, 6.07) is 20.7. The van der Waals surface area contributed by atoms with Crippen LogP contribution in [0.15, 0.2) is 77.9 Å². The average molecular weight is 556 g/mol. The van der Waals surface area contributed by atoms with E-state index in [0.29, 0.717) is 23.1 Å². The van der Waals surface area contributed by atoms with Gasteiger partial charge in [-0.1, -0.05) is 79.0 Å². The lowest BCUT2D eigenvalue weighted by atomic mass is 10.1. The van der Waals surface area contributed by atoms with E-state index in [9.17, 15) is 9.59 Å². The zero-order valence-corrected chi connectivity index (χ0v) is 22.8. The Kier molecular flexibility index (Phi) is 11.5. The summed E-state index contributed by atoms with van der Waals surface area (Å²) >= 11 is 12.1. The maximum absolute atomic E-state index is 13.1. The zero-order valence-electron chi connectivity index (χ0n) is 21.3. The predicted octanol–water partition coefficient (Wildman–Crippen LogP) is 5.82. The Labute approximate surface area is 233 Å². The van der Waals surface area contributed by atoms with Crippen molar-refractivity contribution in [3.8, 4) is 11.5 Å². The van der Waals surface area contributed by atoms with Gasteiger partial charge in [-0.05, 0) is 49.2 Å². The molecule has 0 bridgehead atoms. The molecule has 0 heterocycles. The van der Waals surface area contributed by atoms with Crippen LogP contribution in [0.3, 0.4) is 0 Å². The number of ether oxygens (including phenoxy) is 2. The van der Waals surface area contributed by atoms with E-state index in [-0.39, 0.29) is 11.4 Å². The normalized spacial score (nSPS) is 12.5. The molecule has 0 aliphatic carbocycles. The molecule has 0 spiro atoms. The Morgan fingerprint density at radius 1 is 0.974 bits per heavy atom. The van der Waals surface area contributed by atoms with Gasteiger partial charge in [0.2, 0.25) is 0 Å². The van der Waals surface area contributed by atoms with Crippen LogP contribution in [-0.4, -0.2) is 36.8 Å². The molecule has 2 N–H and O–H groups in total. The van der Waals surface area contributed by atoms with Crippen LogP contribution in [0.25, 0.3) is 0 Å². The van der Waals surface area contributed by atoms with Crippen LogP contribution in [0.2, 0.25) is 10.0 Å². The summed E-state index contributed by atoms with van der Waals surface area (Å²) in [6.07, 6.45) is 2.83. The molecule has 200 valence electrons. The van der Waals surface area contributed by atoms with Gasteiger partial charge in [-0.15, -0.1) is 0 Å². The third kappa shape index (κ3) is 9.08. The highest BCUT2D eigenvalue weighted by Crippen LogP contribution is 2.28. The summed E-state index contributed by atoms with van der Waals surface area (Å²) in [5, 5.41) is 7.62. The molecule has 9 heteroatoms. The first kappa shape index (κ1) is 29.0. The van der Waals surface area contributed by atoms with Crippen molar-refractivity contribution < 1.29 is 19.1 Å². The van der Waals surface area contributed by atoms with E-state index >= 15 is 0 Å². The zero-order chi connectivity index (χ0) is 27.3. The molecule has 2 atom stereocenters. The van der Waals surface area contributed by atoms with Crippen molar-refractivity contribution >= 4 is 41.2 Å². The fourth-order valence-electron chi connectivity index (χ4n) is 3.45. The Morgan fingerprint density at radius 2 is 1.71 bits per heavy atom. The molecular formula is C29H31Cl2N3O4. The van der Waals surface area contributed by atoms with Gasteiger partial charge in [0.25, 0.3) is 11.8 Å². The molecule has 0 aromatic heterocycles. The summed E-state index contributed by atoms with van der Waals surface area (Å²) in [5.41, 5.74) is 4.15. The molecule has 3 aromatic carbocycles. The van der Waals surface area contributed by atoms with Crippen molar-refractivity contribution in [2.24, 2.45) is 5.10 Å². The number of nitrogens with one attached hydrogen (secondary N) is 2. The Morgan fingerprint density at radius 3 is 2.45 bits per heavy atom. The highest BCUT2D eigenvalue weighted by atomic mass is 35.5. The summed E-state index contributed by atoms with van der Waals surface area (Å²) in [4.78, 5) is 26.0. The van der Waals surface area contributed by atoms with Crippen LogP contribution in [0, 0.1) is 0 Å². The van der Waals surface area contributed by atoms with E-state index < -0.39 is 24.0 Å². The highest BCUT2D eigenvalue weighted by molar-refractivity contribution is 6.35. The maximum Gasteiger partial charge on any atom is 0.262 e. The Balaban J connectivity index is 1.68. The second-order valence-corrected chi connectivity index (χ2v) is 9.40. The van der Waals surface area contributed by atoms with E-state index in [1.807, 2.05) is 54.6 Å². The second-order valence-electron chi connectivity index (χ2n) is 8.56. The third-order valence-electron chi connectivity index (χ3n) is 5.54. The van der Waals surface area contributed by atoms with Gasteiger partial charge in [0.15, 0.2) is 6.10 Å². The van der Waals surface area contributed by atoms with Gasteiger partial charge in [-0.2, -0.15) is 5.10 Å². The minimum Gasteiger partial charge on any atom is -0.493 e. The SMILES string of the molecule is CCCCOc1ccccc1/C=N\NC(=O)[C@@H](Cc1ccccc1)NC(=O)[C@H](C)Oc1ccc(Cl)cc1Cl. The van der Waals surface area contributed by atoms with Gasteiger partial charge in [0, 0.05) is 17.0 Å². The first-order valence-electron chi connectivity index (χ1n) is 12.4. The number of hydrogen-bond acceptors (Lipinski definition) is 5. The third-order valence-corrected chi connectivity index (χ3v) is 6.07. The quantitative estimate of drug-likeness (QED) is 0.158. The van der Waals surface area contributed by atoms with Gasteiger partial charge >= 0.3 is 0 Å². The summed E-state index contributed by atoms with van der Waals surface area (Å²) in [7, 11) is 0. The molecule has 3 aromatic rings. The molecule has 0 radical (unpaired) electrons. The van der Waals surface area contributed by atoms with Crippen LogP contribution in [-0.2, 0) is 16.0 Å². The molecule has 7 nitrogen and oxygen atoms in total. The fraction of sp³-hybridized carbons (Fsp3) is 0.276. The minimum atomic E-state index is -0.921. The number of carbonyl (C=O) groups is 2. The van der Waals surface area contributed by atoms with Crippen LogP contribution in [0.5, 0.6) is 11.5 Å². The number of rotatable bonds is 13. The van der Waals surface area contributed by atoms with Crippen molar-refractivity contribution in [3.05, 3.63) is 94.0 Å². The molecule has 0 saturated heterocycles. The van der Waals surface area contributed by atoms with E-state index in [2.05, 4.69) is 22.8 Å². The first-order chi connectivity index (χ1) is 18.4. The largest absolute Gasteiger partial charge is 0.493 e. The number of nitrogens with zero attached hydrogens (tertiary/aromatic N) is 1. The minimum absolute atomic E-state index is 0.263. The standard InChI is InChI=1S/C29H31Cl2N3O4/c1-3-4-16-37-26-13-9-8-12-22(26)19-32-34-29(36)25(17-21-10-6-5-7-11-21)33-28(35)20(2)38-27-15-14-23(30)18-24(27)31/h5-15,18-20,25H,3-4,16-17H2,1-2H3,(H,33,35)(H,34,36)/b32-19-/t20-,25+/m0/s1. The monoisotopic (exact) mass is 555 g/mol. The van der Waals surface area contributed by atoms with Crippen molar-refractivity contribution in [2.75, 3.05) is 6.61 Å². The van der Waals surface area contributed by atoms with Crippen LogP contribution in [0.1, 0.15) is 37.8 Å². The van der Waals surface area contributed by atoms with Gasteiger partial charge in [0.1, 0.15) is 17.5 Å². The number of hydrazone groups is 1. The lowest BCUT2D eigenvalue weighted by molar-refractivity contribution is -0.132. The highest BCUT2D eigenvalue weighted by Gasteiger charge is 2.25. The predicted molar refractivity (Wildman–Crippen MR) is 151 cm³/mol. The van der Waals surface area contributed by atoms with Crippen molar-refractivity contribution in [1.82, 2.24) is 10.7 Å². The first-order valence-corrected chi connectivity index (χ1v) is 13.1. The van der Waals surface area contributed by atoms with Crippen molar-refractivity contribution in [3.63, 3.8) is 0 Å². The number of carbonyl (C=O) groups excluding carboxylic acids is 2. The number of para-hydroxylation sites is 1. The molecule has 2 amide bonds. The lowest BCUT2D eigenvalue weighted by Gasteiger charge is -2.21. The van der Waals surface area contributed by atoms with Gasteiger partial charge in [-0.25, -0.2) is 5.43 Å². The van der Waals surface area contributed by atoms with E-state index in [4.69, 9.17) is 32.7 Å². The second kappa shape index (κ2) is 15.0. The topological polar surface area (TPSA) is 89.0 Å². The maximum atomic E-state index is 13.1. The van der Waals surface area contributed by atoms with Crippen LogP contribution < -0.4 is 20.2 Å². The smallest absolute Gasteiger partial charge is 0.262 e. The Bertz CT molecular complexity index is 1240. The van der Waals surface area contributed by atoms with Crippen molar-refractivity contribution in [2.45, 2.75) is 45.3 Å². The number of benzene rings is 3. The Hall–Kier alpha value is -3.55. The molecular weight excluding hydrogens is 525 g/mol. The molecule has 0 saturated carbocycles. The van der Waals surface area contributed by atoms with E-state index in [1.165, 1.54) is 12.3 Å². The number of unbranched alkanes of at least 4 members (excludes halogenated alkanes) is 1. The molecule has 3 rings (SSSR count). The number of halogens is 2. The van der Waals surface area contributed by atoms with Gasteiger partial charge < -0.3 is 14.8 Å². The lowest BCUT2D eigenvalue weighted by Crippen LogP contribution is -2.50. The molecule has 0 aliphatic rings. The van der Waals surface area contributed by atoms with E-state index in [1.54, 1.807) is 19.1 Å². The molecule has 0 fully saturated rings. The summed E-state index contributed by atoms with van der Waals surface area (Å²) in [6.45, 7) is 4.27. The average Bonchev–Trinajstić information content (AvgIpc) is 2.91. The number of amides is 2. The molecule has 0 aliphatic heterocycles. The van der Waals surface area contributed by atoms with Gasteiger partial charge in [0.05, 0.1) is 17.8 Å². The molecule has 38 heavy (non-hydrogen) atoms. The fourth-order valence-corrected chi connectivity index (χ4v) is 3.90. The summed E-state index contributed by atoms with van der Waals surface area (Å²) < 4.78 is 11.5. The van der Waals surface area contributed by atoms with E-state index in [0.717, 1.165) is 24.0 Å². The molecule has 0 unspecified atom stereocenters. The number of hydrogen-bond donors (Lipinski definition) is 2. The van der Waals surface area contributed by atoms with Crippen LogP contribution >= 0.6 is 23.2 Å².